The first-order valence-corrected chi connectivity index (χ1v) is 6.98. The highest BCUT2D eigenvalue weighted by molar-refractivity contribution is 5.35. The van der Waals surface area contributed by atoms with Crippen LogP contribution in [0.2, 0.25) is 0 Å². The molecule has 3 nitrogen and oxygen atoms in total. The predicted octanol–water partition coefficient (Wildman–Crippen LogP) is 2.66. The highest BCUT2D eigenvalue weighted by atomic mass is 19.1. The zero-order chi connectivity index (χ0) is 13.7. The summed E-state index contributed by atoms with van der Waals surface area (Å²) in [6.45, 7) is 3.33. The van der Waals surface area contributed by atoms with Crippen molar-refractivity contribution >= 4 is 0 Å². The summed E-state index contributed by atoms with van der Waals surface area (Å²) >= 11 is 0. The summed E-state index contributed by atoms with van der Waals surface area (Å²) in [5.41, 5.74) is 6.80. The van der Waals surface area contributed by atoms with Crippen LogP contribution in [0.1, 0.15) is 31.7 Å². The molecule has 4 heteroatoms. The van der Waals surface area contributed by atoms with E-state index in [0.29, 0.717) is 18.8 Å². The molecule has 1 aromatic rings. The van der Waals surface area contributed by atoms with Crippen LogP contribution in [0.25, 0.3) is 0 Å². The van der Waals surface area contributed by atoms with E-state index in [2.05, 4.69) is 0 Å². The largest absolute Gasteiger partial charge is 0.485 e. The Morgan fingerprint density at radius 2 is 2.37 bits per heavy atom. The molecule has 1 heterocycles. The van der Waals surface area contributed by atoms with Crippen molar-refractivity contribution in [2.75, 3.05) is 13.2 Å². The molecule has 0 amide bonds. The lowest BCUT2D eigenvalue weighted by atomic mass is 10.0. The number of halogens is 1. The molecule has 1 aromatic carbocycles. The van der Waals surface area contributed by atoms with Crippen molar-refractivity contribution in [3.8, 4) is 5.75 Å². The van der Waals surface area contributed by atoms with E-state index >= 15 is 0 Å². The SMILES string of the molecule is CCC(N)Cc1cccc(F)c1OC1CCCOC1. The van der Waals surface area contributed by atoms with Crippen LogP contribution in [0.4, 0.5) is 4.39 Å². The van der Waals surface area contributed by atoms with Crippen LogP contribution in [-0.4, -0.2) is 25.4 Å². The van der Waals surface area contributed by atoms with Crippen LogP contribution in [0.5, 0.6) is 5.75 Å². The number of hydrogen-bond donors (Lipinski definition) is 1. The van der Waals surface area contributed by atoms with Gasteiger partial charge in [-0.05, 0) is 37.3 Å². The van der Waals surface area contributed by atoms with Gasteiger partial charge in [-0.3, -0.25) is 0 Å². The van der Waals surface area contributed by atoms with Gasteiger partial charge in [-0.25, -0.2) is 4.39 Å². The summed E-state index contributed by atoms with van der Waals surface area (Å²) in [4.78, 5) is 0. The Morgan fingerprint density at radius 1 is 1.53 bits per heavy atom. The smallest absolute Gasteiger partial charge is 0.165 e. The van der Waals surface area contributed by atoms with Gasteiger partial charge in [0.05, 0.1) is 6.61 Å². The van der Waals surface area contributed by atoms with Gasteiger partial charge in [0, 0.05) is 12.6 Å². The lowest BCUT2D eigenvalue weighted by Gasteiger charge is -2.25. The van der Waals surface area contributed by atoms with E-state index in [1.165, 1.54) is 6.07 Å². The summed E-state index contributed by atoms with van der Waals surface area (Å²) in [5, 5.41) is 0. The van der Waals surface area contributed by atoms with Gasteiger partial charge in [-0.2, -0.15) is 0 Å². The Balaban J connectivity index is 2.12. The molecule has 0 aromatic heterocycles. The Kier molecular flexibility index (Phi) is 5.16. The van der Waals surface area contributed by atoms with Gasteiger partial charge >= 0.3 is 0 Å². The van der Waals surface area contributed by atoms with E-state index < -0.39 is 0 Å². The molecule has 0 radical (unpaired) electrons. The number of benzene rings is 1. The van der Waals surface area contributed by atoms with Gasteiger partial charge in [-0.15, -0.1) is 0 Å². The molecule has 2 unspecified atom stereocenters. The van der Waals surface area contributed by atoms with Crippen molar-refractivity contribution in [3.63, 3.8) is 0 Å². The normalized spacial score (nSPS) is 21.1. The maximum atomic E-state index is 14.0. The van der Waals surface area contributed by atoms with Crippen LogP contribution in [-0.2, 0) is 11.2 Å². The second kappa shape index (κ2) is 6.87. The van der Waals surface area contributed by atoms with Crippen molar-refractivity contribution in [1.29, 1.82) is 0 Å². The highest BCUT2D eigenvalue weighted by Crippen LogP contribution is 2.27. The third-order valence-corrected chi connectivity index (χ3v) is 3.46. The molecule has 2 rings (SSSR count). The maximum Gasteiger partial charge on any atom is 0.165 e. The van der Waals surface area contributed by atoms with Crippen LogP contribution in [0.3, 0.4) is 0 Å². The minimum Gasteiger partial charge on any atom is -0.485 e. The first-order chi connectivity index (χ1) is 9.20. The van der Waals surface area contributed by atoms with E-state index in [9.17, 15) is 4.39 Å². The molecule has 2 atom stereocenters. The second-order valence-corrected chi connectivity index (χ2v) is 5.06. The summed E-state index contributed by atoms with van der Waals surface area (Å²) in [5.74, 6) is 0.0354. The molecule has 1 fully saturated rings. The van der Waals surface area contributed by atoms with Crippen LogP contribution >= 0.6 is 0 Å². The lowest BCUT2D eigenvalue weighted by Crippen LogP contribution is -2.29. The third-order valence-electron chi connectivity index (χ3n) is 3.46. The highest BCUT2D eigenvalue weighted by Gasteiger charge is 2.20. The second-order valence-electron chi connectivity index (χ2n) is 5.06. The fourth-order valence-corrected chi connectivity index (χ4v) is 2.24. The molecule has 19 heavy (non-hydrogen) atoms. The van der Waals surface area contributed by atoms with Crippen molar-refractivity contribution in [1.82, 2.24) is 0 Å². The standard InChI is InChI=1S/C15H22FNO2/c1-2-12(17)9-11-5-3-7-14(16)15(11)19-13-6-4-8-18-10-13/h3,5,7,12-13H,2,4,6,8-10,17H2,1H3. The number of ether oxygens (including phenoxy) is 2. The fourth-order valence-electron chi connectivity index (χ4n) is 2.24. The van der Waals surface area contributed by atoms with Crippen LogP contribution in [0.15, 0.2) is 18.2 Å². The third kappa shape index (κ3) is 3.91. The van der Waals surface area contributed by atoms with E-state index in [0.717, 1.165) is 31.4 Å². The summed E-state index contributed by atoms with van der Waals surface area (Å²) in [6.07, 6.45) is 3.32. The molecular formula is C15H22FNO2. The summed E-state index contributed by atoms with van der Waals surface area (Å²) < 4.78 is 25.1. The van der Waals surface area contributed by atoms with Crippen molar-refractivity contribution in [2.45, 2.75) is 44.8 Å². The average molecular weight is 267 g/mol. The van der Waals surface area contributed by atoms with Gasteiger partial charge in [-0.1, -0.05) is 19.1 Å². The van der Waals surface area contributed by atoms with Crippen molar-refractivity contribution in [3.05, 3.63) is 29.6 Å². The van der Waals surface area contributed by atoms with E-state index in [1.54, 1.807) is 6.07 Å². The number of para-hydroxylation sites is 1. The van der Waals surface area contributed by atoms with Crippen LogP contribution in [0, 0.1) is 5.82 Å². The molecular weight excluding hydrogens is 245 g/mol. The minimum atomic E-state index is -0.314. The molecule has 0 aliphatic carbocycles. The molecule has 0 spiro atoms. The van der Waals surface area contributed by atoms with Gasteiger partial charge in [0.1, 0.15) is 6.10 Å². The van der Waals surface area contributed by atoms with E-state index in [1.807, 2.05) is 13.0 Å². The van der Waals surface area contributed by atoms with Gasteiger partial charge in [0.25, 0.3) is 0 Å². The fraction of sp³-hybridized carbons (Fsp3) is 0.600. The number of nitrogens with two attached hydrogens (primary N) is 1. The van der Waals surface area contributed by atoms with Gasteiger partial charge in [0.15, 0.2) is 11.6 Å². The van der Waals surface area contributed by atoms with Crippen LogP contribution < -0.4 is 10.5 Å². The lowest BCUT2D eigenvalue weighted by molar-refractivity contribution is 0.00543. The average Bonchev–Trinajstić information content (AvgIpc) is 2.43. The van der Waals surface area contributed by atoms with Gasteiger partial charge in [0.2, 0.25) is 0 Å². The number of hydrogen-bond acceptors (Lipinski definition) is 3. The molecule has 0 saturated carbocycles. The first-order valence-electron chi connectivity index (χ1n) is 6.98. The summed E-state index contributed by atoms with van der Waals surface area (Å²) in [6, 6.07) is 5.06. The zero-order valence-corrected chi connectivity index (χ0v) is 11.4. The molecule has 0 bridgehead atoms. The molecule has 1 saturated heterocycles. The number of rotatable bonds is 5. The maximum absolute atomic E-state index is 14.0. The zero-order valence-electron chi connectivity index (χ0n) is 11.4. The quantitative estimate of drug-likeness (QED) is 0.892. The minimum absolute atomic E-state index is 0.0340. The predicted molar refractivity (Wildman–Crippen MR) is 72.8 cm³/mol. The Bertz CT molecular complexity index is 405. The van der Waals surface area contributed by atoms with E-state index in [4.69, 9.17) is 15.2 Å². The van der Waals surface area contributed by atoms with Crippen molar-refractivity contribution in [2.24, 2.45) is 5.73 Å². The Morgan fingerprint density at radius 3 is 3.05 bits per heavy atom. The van der Waals surface area contributed by atoms with E-state index in [-0.39, 0.29) is 18.0 Å². The molecule has 106 valence electrons. The molecule has 2 N–H and O–H groups in total. The molecule has 1 aliphatic heterocycles. The first kappa shape index (κ1) is 14.3. The Labute approximate surface area is 113 Å². The van der Waals surface area contributed by atoms with Gasteiger partial charge < -0.3 is 15.2 Å². The Hall–Kier alpha value is -1.13. The van der Waals surface area contributed by atoms with Crippen molar-refractivity contribution < 1.29 is 13.9 Å². The summed E-state index contributed by atoms with van der Waals surface area (Å²) in [7, 11) is 0. The molecule has 1 aliphatic rings. The monoisotopic (exact) mass is 267 g/mol. The topological polar surface area (TPSA) is 44.5 Å².